The summed E-state index contributed by atoms with van der Waals surface area (Å²) in [6.45, 7) is 0. The number of benzene rings is 2. The highest BCUT2D eigenvalue weighted by Crippen LogP contribution is 2.21. The number of carboxylic acid groups (broad SMARTS) is 1. The van der Waals surface area contributed by atoms with Gasteiger partial charge in [-0.3, -0.25) is 4.72 Å². The number of aryl methyl sites for hydroxylation is 1. The Morgan fingerprint density at radius 1 is 1.14 bits per heavy atom. The molecule has 0 unspecified atom stereocenters. The zero-order chi connectivity index (χ0) is 16.2. The fraction of sp³-hybridized carbons (Fsp3) is 0.133. The molecule has 5 nitrogen and oxygen atoms in total. The summed E-state index contributed by atoms with van der Waals surface area (Å²) in [4.78, 5) is 11.0. The fourth-order valence-electron chi connectivity index (χ4n) is 1.88. The van der Waals surface area contributed by atoms with Gasteiger partial charge in [0.25, 0.3) is 0 Å². The standard InChI is InChI=1S/C15H14ClNO4S/c16-14-7-6-12(10-13(14)15(18)19)17-22(20,21)9-8-11-4-2-1-3-5-11/h1-7,10,17H,8-9H2,(H,18,19). The number of carbonyl (C=O) groups is 1. The van der Waals surface area contributed by atoms with Crippen molar-refractivity contribution in [3.05, 3.63) is 64.7 Å². The van der Waals surface area contributed by atoms with E-state index in [1.165, 1.54) is 18.2 Å². The van der Waals surface area contributed by atoms with Gasteiger partial charge in [-0.25, -0.2) is 13.2 Å². The van der Waals surface area contributed by atoms with Crippen molar-refractivity contribution in [3.8, 4) is 0 Å². The Morgan fingerprint density at radius 3 is 2.45 bits per heavy atom. The van der Waals surface area contributed by atoms with Gasteiger partial charge in [-0.05, 0) is 30.2 Å². The third-order valence-electron chi connectivity index (χ3n) is 2.97. The SMILES string of the molecule is O=C(O)c1cc(NS(=O)(=O)CCc2ccccc2)ccc1Cl. The number of nitrogens with one attached hydrogen (secondary N) is 1. The van der Waals surface area contributed by atoms with Crippen LogP contribution in [0.4, 0.5) is 5.69 Å². The smallest absolute Gasteiger partial charge is 0.337 e. The molecule has 116 valence electrons. The second-order valence-electron chi connectivity index (χ2n) is 4.66. The summed E-state index contributed by atoms with van der Waals surface area (Å²) < 4.78 is 26.5. The number of hydrogen-bond donors (Lipinski definition) is 2. The van der Waals surface area contributed by atoms with E-state index in [4.69, 9.17) is 16.7 Å². The highest BCUT2D eigenvalue weighted by molar-refractivity contribution is 7.92. The lowest BCUT2D eigenvalue weighted by molar-refractivity contribution is 0.0697. The average Bonchev–Trinajstić information content (AvgIpc) is 2.48. The minimum Gasteiger partial charge on any atom is -0.478 e. The number of anilines is 1. The van der Waals surface area contributed by atoms with E-state index in [2.05, 4.69) is 4.72 Å². The first-order chi connectivity index (χ1) is 10.4. The quantitative estimate of drug-likeness (QED) is 0.847. The molecule has 0 aliphatic carbocycles. The van der Waals surface area contributed by atoms with E-state index in [0.717, 1.165) is 5.56 Å². The van der Waals surface area contributed by atoms with Crippen LogP contribution in [0, 0.1) is 0 Å². The van der Waals surface area contributed by atoms with Crippen LogP contribution in [0.5, 0.6) is 0 Å². The van der Waals surface area contributed by atoms with Crippen LogP contribution in [0.2, 0.25) is 5.02 Å². The van der Waals surface area contributed by atoms with Gasteiger partial charge in [-0.2, -0.15) is 0 Å². The van der Waals surface area contributed by atoms with E-state index in [9.17, 15) is 13.2 Å². The van der Waals surface area contributed by atoms with E-state index in [-0.39, 0.29) is 22.0 Å². The first kappa shape index (κ1) is 16.3. The summed E-state index contributed by atoms with van der Waals surface area (Å²) in [6.07, 6.45) is 0.371. The number of carboxylic acids is 1. The summed E-state index contributed by atoms with van der Waals surface area (Å²) in [5.74, 6) is -1.31. The fourth-order valence-corrected chi connectivity index (χ4v) is 3.17. The maximum absolute atomic E-state index is 12.0. The molecule has 0 bridgehead atoms. The average molecular weight is 340 g/mol. The Kier molecular flexibility index (Phi) is 5.05. The van der Waals surface area contributed by atoms with Crippen LogP contribution in [0.1, 0.15) is 15.9 Å². The van der Waals surface area contributed by atoms with Crippen LogP contribution in [0.15, 0.2) is 48.5 Å². The molecule has 0 amide bonds. The third-order valence-corrected chi connectivity index (χ3v) is 4.59. The second kappa shape index (κ2) is 6.81. The zero-order valence-electron chi connectivity index (χ0n) is 11.5. The molecule has 0 saturated carbocycles. The molecule has 0 radical (unpaired) electrons. The minimum absolute atomic E-state index is 0.0553. The van der Waals surface area contributed by atoms with Gasteiger partial charge >= 0.3 is 5.97 Å². The van der Waals surface area contributed by atoms with Gasteiger partial charge in [-0.15, -0.1) is 0 Å². The van der Waals surface area contributed by atoms with Gasteiger partial charge in [0.15, 0.2) is 0 Å². The maximum Gasteiger partial charge on any atom is 0.337 e. The van der Waals surface area contributed by atoms with E-state index in [1.807, 2.05) is 30.3 Å². The maximum atomic E-state index is 12.0. The Balaban J connectivity index is 2.09. The Morgan fingerprint density at radius 2 is 1.82 bits per heavy atom. The molecular weight excluding hydrogens is 326 g/mol. The molecule has 0 heterocycles. The molecule has 0 aliphatic heterocycles. The molecule has 2 N–H and O–H groups in total. The third kappa shape index (κ3) is 4.47. The van der Waals surface area contributed by atoms with E-state index >= 15 is 0 Å². The molecular formula is C15H14ClNO4S. The largest absolute Gasteiger partial charge is 0.478 e. The normalized spacial score (nSPS) is 11.1. The lowest BCUT2D eigenvalue weighted by Gasteiger charge is -2.09. The van der Waals surface area contributed by atoms with Gasteiger partial charge in [0.2, 0.25) is 10.0 Å². The first-order valence-corrected chi connectivity index (χ1v) is 8.48. The molecule has 0 fully saturated rings. The van der Waals surface area contributed by atoms with Gasteiger partial charge < -0.3 is 5.11 Å². The summed E-state index contributed by atoms with van der Waals surface area (Å²) in [7, 11) is -3.57. The molecule has 0 aliphatic rings. The Labute approximate surface area is 133 Å². The van der Waals surface area contributed by atoms with Crippen molar-refractivity contribution in [2.24, 2.45) is 0 Å². The molecule has 2 aromatic rings. The second-order valence-corrected chi connectivity index (χ2v) is 6.91. The Bertz CT molecular complexity index is 775. The van der Waals surface area contributed by atoms with Crippen molar-refractivity contribution in [2.45, 2.75) is 6.42 Å². The zero-order valence-corrected chi connectivity index (χ0v) is 13.1. The van der Waals surface area contributed by atoms with Gasteiger partial charge in [0.1, 0.15) is 0 Å². The lowest BCUT2D eigenvalue weighted by Crippen LogP contribution is -2.18. The molecule has 0 atom stereocenters. The van der Waals surface area contributed by atoms with E-state index < -0.39 is 16.0 Å². The van der Waals surface area contributed by atoms with E-state index in [1.54, 1.807) is 0 Å². The topological polar surface area (TPSA) is 83.5 Å². The van der Waals surface area contributed by atoms with Crippen LogP contribution in [-0.4, -0.2) is 25.2 Å². The van der Waals surface area contributed by atoms with Gasteiger partial charge in [0.05, 0.1) is 16.3 Å². The predicted molar refractivity (Wildman–Crippen MR) is 86.0 cm³/mol. The highest BCUT2D eigenvalue weighted by atomic mass is 35.5. The van der Waals surface area contributed by atoms with E-state index in [0.29, 0.717) is 6.42 Å². The minimum atomic E-state index is -3.57. The van der Waals surface area contributed by atoms with Crippen LogP contribution in [0.3, 0.4) is 0 Å². The molecule has 22 heavy (non-hydrogen) atoms. The Hall–Kier alpha value is -2.05. The number of halogens is 1. The summed E-state index contributed by atoms with van der Waals surface area (Å²) >= 11 is 5.75. The molecule has 2 aromatic carbocycles. The van der Waals surface area contributed by atoms with Crippen molar-refractivity contribution < 1.29 is 18.3 Å². The van der Waals surface area contributed by atoms with Crippen molar-refractivity contribution in [1.29, 1.82) is 0 Å². The number of aromatic carboxylic acids is 1. The van der Waals surface area contributed by atoms with Crippen LogP contribution in [0.25, 0.3) is 0 Å². The van der Waals surface area contributed by atoms with Crippen LogP contribution >= 0.6 is 11.6 Å². The number of sulfonamides is 1. The molecule has 2 rings (SSSR count). The molecule has 7 heteroatoms. The van der Waals surface area contributed by atoms with Crippen molar-refractivity contribution in [2.75, 3.05) is 10.5 Å². The van der Waals surface area contributed by atoms with Crippen molar-refractivity contribution in [1.82, 2.24) is 0 Å². The molecule has 0 saturated heterocycles. The van der Waals surface area contributed by atoms with Gasteiger partial charge in [-0.1, -0.05) is 41.9 Å². The molecule has 0 spiro atoms. The number of hydrogen-bond acceptors (Lipinski definition) is 3. The summed E-state index contributed by atoms with van der Waals surface area (Å²) in [5.41, 5.74) is 0.940. The summed E-state index contributed by atoms with van der Waals surface area (Å²) in [6, 6.07) is 13.2. The highest BCUT2D eigenvalue weighted by Gasteiger charge is 2.14. The molecule has 0 aromatic heterocycles. The van der Waals surface area contributed by atoms with Crippen LogP contribution in [-0.2, 0) is 16.4 Å². The first-order valence-electron chi connectivity index (χ1n) is 6.45. The van der Waals surface area contributed by atoms with Crippen molar-refractivity contribution in [3.63, 3.8) is 0 Å². The van der Waals surface area contributed by atoms with Gasteiger partial charge in [0, 0.05) is 5.69 Å². The number of rotatable bonds is 6. The van der Waals surface area contributed by atoms with Crippen molar-refractivity contribution >= 4 is 33.3 Å². The van der Waals surface area contributed by atoms with Crippen LogP contribution < -0.4 is 4.72 Å². The predicted octanol–water partition coefficient (Wildman–Crippen LogP) is 3.02. The lowest BCUT2D eigenvalue weighted by atomic mass is 10.2. The monoisotopic (exact) mass is 339 g/mol. The summed E-state index contributed by atoms with van der Waals surface area (Å²) in [5, 5.41) is 9.03.